The van der Waals surface area contributed by atoms with Gasteiger partial charge in [-0.3, -0.25) is 0 Å². The van der Waals surface area contributed by atoms with Crippen LogP contribution in [0.4, 0.5) is 0 Å². The molecule has 2 aromatic carbocycles. The third-order valence-electron chi connectivity index (χ3n) is 3.84. The van der Waals surface area contributed by atoms with Crippen molar-refractivity contribution in [2.75, 3.05) is 13.2 Å². The first-order chi connectivity index (χ1) is 12.8. The summed E-state index contributed by atoms with van der Waals surface area (Å²) in [5.41, 5.74) is 2.82. The van der Waals surface area contributed by atoms with Crippen molar-refractivity contribution in [3.63, 3.8) is 0 Å². The van der Waals surface area contributed by atoms with Gasteiger partial charge in [-0.1, -0.05) is 43.2 Å². The zero-order chi connectivity index (χ0) is 18.2. The van der Waals surface area contributed by atoms with E-state index >= 15 is 0 Å². The summed E-state index contributed by atoms with van der Waals surface area (Å²) in [4.78, 5) is 4.46. The lowest BCUT2D eigenvalue weighted by Crippen LogP contribution is -2.11. The molecule has 0 aliphatic heterocycles. The van der Waals surface area contributed by atoms with Gasteiger partial charge in [-0.2, -0.15) is 0 Å². The van der Waals surface area contributed by atoms with Crippen LogP contribution in [0.3, 0.4) is 0 Å². The van der Waals surface area contributed by atoms with Crippen molar-refractivity contribution in [3.05, 3.63) is 71.6 Å². The Kier molecular flexibility index (Phi) is 6.08. The van der Waals surface area contributed by atoms with E-state index in [-0.39, 0.29) is 0 Å². The number of nitrogens with one attached hydrogen (secondary N) is 1. The van der Waals surface area contributed by atoms with Crippen molar-refractivity contribution < 1.29 is 9.15 Å². The molecule has 0 unspecified atom stereocenters. The number of hydrogen-bond donors (Lipinski definition) is 1. The summed E-state index contributed by atoms with van der Waals surface area (Å²) < 4.78 is 11.4. The minimum Gasteiger partial charge on any atom is -0.481 e. The molecule has 26 heavy (non-hydrogen) atoms. The lowest BCUT2D eigenvalue weighted by atomic mass is 10.2. The average Bonchev–Trinajstić information content (AvgIpc) is 3.06. The minimum atomic E-state index is 0.305. The van der Waals surface area contributed by atoms with Crippen LogP contribution < -0.4 is 10.1 Å². The Hall–Kier alpha value is -3.03. The Morgan fingerprint density at radius 1 is 1.08 bits per heavy atom. The molecule has 0 bridgehead atoms. The van der Waals surface area contributed by atoms with Crippen LogP contribution in [0.15, 0.2) is 59.0 Å². The normalized spacial score (nSPS) is 10.2. The molecule has 4 heteroatoms. The van der Waals surface area contributed by atoms with Crippen LogP contribution in [0.2, 0.25) is 0 Å². The van der Waals surface area contributed by atoms with Crippen molar-refractivity contribution in [1.82, 2.24) is 10.3 Å². The largest absolute Gasteiger partial charge is 0.481 e. The molecule has 3 rings (SSSR count). The van der Waals surface area contributed by atoms with Crippen molar-refractivity contribution in [3.8, 4) is 29.0 Å². The zero-order valence-corrected chi connectivity index (χ0v) is 15.1. The molecule has 0 aliphatic rings. The summed E-state index contributed by atoms with van der Waals surface area (Å²) in [7, 11) is 0. The zero-order valence-electron chi connectivity index (χ0n) is 15.1. The van der Waals surface area contributed by atoms with E-state index in [0.717, 1.165) is 24.4 Å². The molecule has 0 aliphatic carbocycles. The second kappa shape index (κ2) is 8.89. The second-order valence-corrected chi connectivity index (χ2v) is 5.80. The Balaban J connectivity index is 1.58. The highest BCUT2D eigenvalue weighted by atomic mass is 16.5. The van der Waals surface area contributed by atoms with Crippen LogP contribution >= 0.6 is 0 Å². The Morgan fingerprint density at radius 2 is 1.85 bits per heavy atom. The van der Waals surface area contributed by atoms with Gasteiger partial charge in [-0.05, 0) is 49.2 Å². The first-order valence-corrected chi connectivity index (χ1v) is 8.70. The highest BCUT2D eigenvalue weighted by Gasteiger charge is 2.08. The number of hydrogen-bond acceptors (Lipinski definition) is 4. The van der Waals surface area contributed by atoms with E-state index in [1.54, 1.807) is 0 Å². The van der Waals surface area contributed by atoms with E-state index in [0.29, 0.717) is 24.0 Å². The molecule has 0 amide bonds. The topological polar surface area (TPSA) is 47.3 Å². The summed E-state index contributed by atoms with van der Waals surface area (Å²) in [6.45, 7) is 6.09. The Labute approximate surface area is 154 Å². The molecule has 1 aromatic heterocycles. The van der Waals surface area contributed by atoms with Gasteiger partial charge >= 0.3 is 0 Å². The first-order valence-electron chi connectivity index (χ1n) is 8.70. The molecule has 0 saturated carbocycles. The van der Waals surface area contributed by atoms with E-state index in [2.05, 4.69) is 41.2 Å². The Morgan fingerprint density at radius 3 is 2.58 bits per heavy atom. The average molecular weight is 346 g/mol. The number of aromatic nitrogens is 1. The molecule has 132 valence electrons. The second-order valence-electron chi connectivity index (χ2n) is 5.80. The van der Waals surface area contributed by atoms with E-state index in [4.69, 9.17) is 9.15 Å². The number of aryl methyl sites for hydroxylation is 1. The van der Waals surface area contributed by atoms with Crippen LogP contribution in [0.5, 0.6) is 5.75 Å². The van der Waals surface area contributed by atoms with Gasteiger partial charge in [0.2, 0.25) is 5.89 Å². The number of rotatable bonds is 6. The Bertz CT molecular complexity index is 887. The predicted molar refractivity (Wildman–Crippen MR) is 103 cm³/mol. The van der Waals surface area contributed by atoms with Crippen molar-refractivity contribution in [2.45, 2.75) is 20.4 Å². The van der Waals surface area contributed by atoms with Crippen LogP contribution in [-0.2, 0) is 6.54 Å². The third-order valence-corrected chi connectivity index (χ3v) is 3.84. The fraction of sp³-hybridized carbons (Fsp3) is 0.227. The predicted octanol–water partition coefficient (Wildman–Crippen LogP) is 4.19. The van der Waals surface area contributed by atoms with Gasteiger partial charge in [-0.25, -0.2) is 4.98 Å². The minimum absolute atomic E-state index is 0.305. The number of oxazole rings is 1. The molecule has 0 spiro atoms. The molecule has 0 radical (unpaired) electrons. The maximum absolute atomic E-state index is 5.70. The molecule has 3 aromatic rings. The fourth-order valence-electron chi connectivity index (χ4n) is 2.43. The molecule has 4 nitrogen and oxygen atoms in total. The van der Waals surface area contributed by atoms with Gasteiger partial charge in [0.05, 0.1) is 0 Å². The maximum Gasteiger partial charge on any atom is 0.227 e. The van der Waals surface area contributed by atoms with Gasteiger partial charge in [0, 0.05) is 12.1 Å². The van der Waals surface area contributed by atoms with Crippen LogP contribution in [0.25, 0.3) is 11.5 Å². The molecular weight excluding hydrogens is 324 g/mol. The third kappa shape index (κ3) is 4.75. The molecule has 1 N–H and O–H groups in total. The van der Waals surface area contributed by atoms with E-state index < -0.39 is 0 Å². The van der Waals surface area contributed by atoms with Crippen molar-refractivity contribution in [1.29, 1.82) is 0 Å². The van der Waals surface area contributed by atoms with Gasteiger partial charge in [0.1, 0.15) is 18.1 Å². The van der Waals surface area contributed by atoms with Gasteiger partial charge in [0.15, 0.2) is 5.69 Å². The lowest BCUT2D eigenvalue weighted by Gasteiger charge is -2.04. The van der Waals surface area contributed by atoms with Gasteiger partial charge < -0.3 is 14.5 Å². The number of ether oxygens (including phenoxy) is 1. The van der Waals surface area contributed by atoms with Gasteiger partial charge in [0.25, 0.3) is 0 Å². The number of benzene rings is 2. The summed E-state index contributed by atoms with van der Waals surface area (Å²) in [6, 6.07) is 17.8. The molecule has 0 saturated heterocycles. The standard InChI is InChI=1S/C22H22N2O2/c1-3-23-16-18-11-13-20(14-12-18)25-15-7-10-21-17(2)26-22(24-21)19-8-5-4-6-9-19/h4-6,8-9,11-14,23H,3,15-16H2,1-2H3. The molecule has 0 atom stereocenters. The fourth-order valence-corrected chi connectivity index (χ4v) is 2.43. The van der Waals surface area contributed by atoms with Crippen LogP contribution in [0.1, 0.15) is 23.9 Å². The highest BCUT2D eigenvalue weighted by Crippen LogP contribution is 2.20. The van der Waals surface area contributed by atoms with E-state index in [9.17, 15) is 0 Å². The molecule has 1 heterocycles. The smallest absolute Gasteiger partial charge is 0.227 e. The molecule has 0 fully saturated rings. The quantitative estimate of drug-likeness (QED) is 0.680. The van der Waals surface area contributed by atoms with E-state index in [1.165, 1.54) is 5.56 Å². The van der Waals surface area contributed by atoms with Crippen molar-refractivity contribution in [2.24, 2.45) is 0 Å². The van der Waals surface area contributed by atoms with Crippen molar-refractivity contribution >= 4 is 0 Å². The van der Waals surface area contributed by atoms with Crippen LogP contribution in [-0.4, -0.2) is 18.1 Å². The van der Waals surface area contributed by atoms with Crippen LogP contribution in [0, 0.1) is 18.8 Å². The number of nitrogens with zero attached hydrogens (tertiary/aromatic N) is 1. The van der Waals surface area contributed by atoms with Gasteiger partial charge in [-0.15, -0.1) is 0 Å². The lowest BCUT2D eigenvalue weighted by molar-refractivity contribution is 0.370. The first kappa shape index (κ1) is 17.8. The highest BCUT2D eigenvalue weighted by molar-refractivity contribution is 5.54. The SMILES string of the molecule is CCNCc1ccc(OCC#Cc2nc(-c3ccccc3)oc2C)cc1. The summed E-state index contributed by atoms with van der Waals surface area (Å²) in [6.07, 6.45) is 0. The summed E-state index contributed by atoms with van der Waals surface area (Å²) >= 11 is 0. The monoisotopic (exact) mass is 346 g/mol. The maximum atomic E-state index is 5.70. The molecular formula is C22H22N2O2. The summed E-state index contributed by atoms with van der Waals surface area (Å²) in [5.74, 6) is 8.13. The summed E-state index contributed by atoms with van der Waals surface area (Å²) in [5, 5.41) is 3.29. The van der Waals surface area contributed by atoms with E-state index in [1.807, 2.05) is 49.4 Å².